The summed E-state index contributed by atoms with van der Waals surface area (Å²) in [5.41, 5.74) is 0. The summed E-state index contributed by atoms with van der Waals surface area (Å²) in [4.78, 5) is 37.6. The van der Waals surface area contributed by atoms with Crippen molar-refractivity contribution in [2.45, 2.75) is 322 Å². The lowest BCUT2D eigenvalue weighted by molar-refractivity contribution is -0.870. The van der Waals surface area contributed by atoms with Gasteiger partial charge in [0.25, 0.3) is 0 Å². The molecule has 97 heavy (non-hydrogen) atoms. The average Bonchev–Trinajstić information content (AvgIpc) is 3.27. The summed E-state index contributed by atoms with van der Waals surface area (Å²) < 4.78 is 22.8. The number of quaternary nitrogens is 1. The summed E-state index contributed by atoms with van der Waals surface area (Å²) in [5, 5.41) is 11.9. The Bertz CT molecular complexity index is 2210. The minimum absolute atomic E-state index is 0.135. The van der Waals surface area contributed by atoms with E-state index >= 15 is 0 Å². The van der Waals surface area contributed by atoms with Gasteiger partial charge in [0, 0.05) is 12.8 Å². The summed E-state index contributed by atoms with van der Waals surface area (Å²) in [7, 11) is 5.92. The quantitative estimate of drug-likeness (QED) is 0.0195. The smallest absolute Gasteiger partial charge is 0.306 e. The van der Waals surface area contributed by atoms with Crippen LogP contribution in [0.25, 0.3) is 0 Å². The van der Waals surface area contributed by atoms with E-state index in [1.165, 1.54) is 148 Å². The Morgan fingerprint density at radius 1 is 0.320 bits per heavy atom. The third-order valence-corrected chi connectivity index (χ3v) is 16.4. The number of hydrogen-bond acceptors (Lipinski definition) is 8. The van der Waals surface area contributed by atoms with Crippen molar-refractivity contribution < 1.29 is 42.9 Å². The summed E-state index contributed by atoms with van der Waals surface area (Å²) >= 11 is 0. The number of rotatable bonds is 71. The van der Waals surface area contributed by atoms with Crippen molar-refractivity contribution in [3.63, 3.8) is 0 Å². The maximum Gasteiger partial charge on any atom is 0.306 e. The van der Waals surface area contributed by atoms with Crippen LogP contribution in [0.15, 0.2) is 170 Å². The van der Waals surface area contributed by atoms with Crippen molar-refractivity contribution >= 4 is 17.9 Å². The molecule has 0 heterocycles. The zero-order valence-corrected chi connectivity index (χ0v) is 62.9. The molecule has 0 saturated carbocycles. The molecule has 0 bridgehead atoms. The Balaban J connectivity index is 4.17. The first-order valence-corrected chi connectivity index (χ1v) is 39.3. The number of carbonyl (C=O) groups excluding carboxylic acids is 3. The molecule has 0 rings (SSSR count). The van der Waals surface area contributed by atoms with Crippen LogP contribution >= 0.6 is 0 Å². The molecule has 2 unspecified atom stereocenters. The standard InChI is InChI=1S/C88H145NO8/c1-6-8-10-12-14-16-18-20-22-24-26-28-30-32-34-36-38-39-40-41-42-43-44-45-46-47-49-51-53-55-57-59-61-63-65-67-69-71-73-75-77-79-86(91)97-84(83-96-88(87(92)93)94-81-80-89(3,4)5)82-95-85(90)78-76-74-72-70-68-66-64-62-60-58-56-54-52-50-48-37-35-33-31-29-27-25-23-21-19-17-15-13-11-9-7-2/h8,10,14,16,19-22,25-28,32,34,38-39,41-42,44-45,47,49,53,55,59,61,65,67,84,88H,6-7,9,11-13,15,17-18,23-24,29-31,33,35-37,40,43,46,48,50-52,54,56-58,60,62-64,66,68-83H2,1-5H3/b10-8-,16-14-,21-19-,22-20-,27-25-,28-26-,34-32-,39-38-,42-41-,45-44-,49-47-,55-53-,61-59-,67-65-. The Kier molecular flexibility index (Phi) is 72.2. The van der Waals surface area contributed by atoms with Crippen molar-refractivity contribution in [2.24, 2.45) is 0 Å². The molecule has 0 N–H and O–H groups in total. The number of likely N-dealkylation sites (N-methyl/N-ethyl adjacent to an activating group) is 1. The molecule has 2 atom stereocenters. The molecule has 0 aromatic carbocycles. The van der Waals surface area contributed by atoms with Crippen LogP contribution in [0.2, 0.25) is 0 Å². The number of ether oxygens (including phenoxy) is 4. The van der Waals surface area contributed by atoms with Crippen molar-refractivity contribution in [1.29, 1.82) is 0 Å². The lowest BCUT2D eigenvalue weighted by atomic mass is 10.0. The number of carboxylic acids is 1. The van der Waals surface area contributed by atoms with Crippen molar-refractivity contribution in [1.82, 2.24) is 0 Å². The molecule has 0 aliphatic heterocycles. The second-order valence-electron chi connectivity index (χ2n) is 26.9. The Hall–Kier alpha value is -5.35. The molecule has 0 radical (unpaired) electrons. The highest BCUT2D eigenvalue weighted by Gasteiger charge is 2.22. The van der Waals surface area contributed by atoms with Crippen molar-refractivity contribution in [3.05, 3.63) is 170 Å². The van der Waals surface area contributed by atoms with Crippen LogP contribution in [0.1, 0.15) is 309 Å². The number of carbonyl (C=O) groups is 3. The first-order chi connectivity index (χ1) is 47.6. The number of nitrogens with zero attached hydrogens (tertiary/aromatic N) is 1. The summed E-state index contributed by atoms with van der Waals surface area (Å²) in [5.74, 6) is -2.32. The highest BCUT2D eigenvalue weighted by molar-refractivity contribution is 5.70. The second-order valence-corrected chi connectivity index (χ2v) is 26.9. The summed E-state index contributed by atoms with van der Waals surface area (Å²) in [6, 6.07) is 0. The summed E-state index contributed by atoms with van der Waals surface area (Å²) in [6.07, 6.45) is 112. The van der Waals surface area contributed by atoms with E-state index in [0.717, 1.165) is 128 Å². The molecule has 0 saturated heterocycles. The summed E-state index contributed by atoms with van der Waals surface area (Å²) in [6.45, 7) is 4.60. The van der Waals surface area contributed by atoms with Gasteiger partial charge in [0.1, 0.15) is 13.2 Å². The van der Waals surface area contributed by atoms with Crippen LogP contribution < -0.4 is 5.11 Å². The molecule has 0 aromatic rings. The predicted molar refractivity (Wildman–Crippen MR) is 416 cm³/mol. The van der Waals surface area contributed by atoms with Crippen molar-refractivity contribution in [3.8, 4) is 0 Å². The van der Waals surface area contributed by atoms with Crippen LogP contribution in [0.4, 0.5) is 0 Å². The molecule has 0 aliphatic rings. The molecular formula is C88H145NO8. The van der Waals surface area contributed by atoms with E-state index in [4.69, 9.17) is 18.9 Å². The van der Waals surface area contributed by atoms with Gasteiger partial charge in [-0.25, -0.2) is 0 Å². The van der Waals surface area contributed by atoms with Gasteiger partial charge in [0.15, 0.2) is 12.4 Å². The molecule has 0 amide bonds. The minimum atomic E-state index is -1.64. The maximum atomic E-state index is 13.0. The first-order valence-electron chi connectivity index (χ1n) is 39.3. The van der Waals surface area contributed by atoms with Gasteiger partial charge in [-0.3, -0.25) is 9.59 Å². The number of allylic oxidation sites excluding steroid dienone is 28. The minimum Gasteiger partial charge on any atom is -0.545 e. The molecule has 0 aromatic heterocycles. The topological polar surface area (TPSA) is 111 Å². The molecule has 0 fully saturated rings. The zero-order chi connectivity index (χ0) is 70.4. The van der Waals surface area contributed by atoms with Crippen molar-refractivity contribution in [2.75, 3.05) is 47.5 Å². The Morgan fingerprint density at radius 2 is 0.588 bits per heavy atom. The number of unbranched alkanes of at least 4 members (excludes halogenated alkanes) is 28. The molecule has 550 valence electrons. The van der Waals surface area contributed by atoms with Gasteiger partial charge in [0.2, 0.25) is 0 Å². The van der Waals surface area contributed by atoms with Gasteiger partial charge in [-0.1, -0.05) is 332 Å². The molecule has 0 spiro atoms. The van der Waals surface area contributed by atoms with E-state index in [2.05, 4.69) is 184 Å². The van der Waals surface area contributed by atoms with E-state index < -0.39 is 24.3 Å². The van der Waals surface area contributed by atoms with Crippen LogP contribution in [0.5, 0.6) is 0 Å². The fraction of sp³-hybridized carbons (Fsp3) is 0.648. The average molecular weight is 1350 g/mol. The van der Waals surface area contributed by atoms with Gasteiger partial charge >= 0.3 is 11.9 Å². The van der Waals surface area contributed by atoms with Crippen LogP contribution in [-0.2, 0) is 33.3 Å². The van der Waals surface area contributed by atoms with Gasteiger partial charge in [0.05, 0.1) is 40.3 Å². The fourth-order valence-corrected chi connectivity index (χ4v) is 10.5. The third kappa shape index (κ3) is 77.9. The Labute approximate surface area is 597 Å². The maximum absolute atomic E-state index is 13.0. The van der Waals surface area contributed by atoms with E-state index in [-0.39, 0.29) is 38.6 Å². The molecular weight excluding hydrogens is 1200 g/mol. The number of esters is 2. The molecule has 9 heteroatoms. The fourth-order valence-electron chi connectivity index (χ4n) is 10.5. The van der Waals surface area contributed by atoms with Crippen LogP contribution in [0, 0.1) is 0 Å². The number of carboxylic acid groups (broad SMARTS) is 1. The Morgan fingerprint density at radius 3 is 0.876 bits per heavy atom. The SMILES string of the molecule is CC/C=C\C/C=C\C/C=C\C/C=C\C/C=C\C/C=C\C/C=C\C/C=C\C/C=C\C/C=C\C/C=C\C/C=C\CCCCCCC(=O)OC(COC(=O)CCCCCCCCCCCCCCCCCCCCC/C=C\C/C=C\CCCCCCC)COC(OCC[N+](C)(C)C)C(=O)[O-]. The lowest BCUT2D eigenvalue weighted by Crippen LogP contribution is -2.44. The highest BCUT2D eigenvalue weighted by Crippen LogP contribution is 2.17. The number of aliphatic carboxylic acids is 1. The third-order valence-electron chi connectivity index (χ3n) is 16.4. The number of hydrogen-bond donors (Lipinski definition) is 0. The zero-order valence-electron chi connectivity index (χ0n) is 62.9. The van der Waals surface area contributed by atoms with Crippen LogP contribution in [-0.4, -0.2) is 82.3 Å². The van der Waals surface area contributed by atoms with E-state index in [0.29, 0.717) is 17.4 Å². The molecule has 9 nitrogen and oxygen atoms in total. The predicted octanol–water partition coefficient (Wildman–Crippen LogP) is 24.0. The van der Waals surface area contributed by atoms with Gasteiger partial charge in [-0.05, 0) is 135 Å². The lowest BCUT2D eigenvalue weighted by Gasteiger charge is -2.26. The molecule has 0 aliphatic carbocycles. The van der Waals surface area contributed by atoms with Gasteiger partial charge in [-0.2, -0.15) is 0 Å². The largest absolute Gasteiger partial charge is 0.545 e. The monoisotopic (exact) mass is 1340 g/mol. The second kappa shape index (κ2) is 76.4. The highest BCUT2D eigenvalue weighted by atomic mass is 16.7. The van der Waals surface area contributed by atoms with Gasteiger partial charge in [-0.15, -0.1) is 0 Å². The van der Waals surface area contributed by atoms with E-state index in [1.807, 2.05) is 21.1 Å². The first kappa shape index (κ1) is 91.6. The van der Waals surface area contributed by atoms with Crippen LogP contribution in [0.3, 0.4) is 0 Å². The normalized spacial score (nSPS) is 13.6. The van der Waals surface area contributed by atoms with E-state index in [9.17, 15) is 19.5 Å². The van der Waals surface area contributed by atoms with Gasteiger partial charge < -0.3 is 33.3 Å². The van der Waals surface area contributed by atoms with E-state index in [1.54, 1.807) is 0 Å².